The molecule has 1 aliphatic rings. The zero-order valence-electron chi connectivity index (χ0n) is 10.2. The number of unbranched alkanes of at least 4 members (excludes halogenated alkanes) is 1. The summed E-state index contributed by atoms with van der Waals surface area (Å²) >= 11 is 0. The van der Waals surface area contributed by atoms with Crippen LogP contribution in [-0.2, 0) is 14.4 Å². The molecule has 0 aromatic rings. The highest BCUT2D eigenvalue weighted by molar-refractivity contribution is 5.81. The fourth-order valence-corrected chi connectivity index (χ4v) is 1.85. The van der Waals surface area contributed by atoms with Crippen LogP contribution in [0.1, 0.15) is 38.5 Å². The van der Waals surface area contributed by atoms with Gasteiger partial charge in [0.25, 0.3) is 0 Å². The van der Waals surface area contributed by atoms with E-state index >= 15 is 0 Å². The van der Waals surface area contributed by atoms with Crippen molar-refractivity contribution in [1.82, 2.24) is 4.90 Å². The Morgan fingerprint density at radius 3 is 2.94 bits per heavy atom. The van der Waals surface area contributed by atoms with E-state index < -0.39 is 5.97 Å². The second-order valence-corrected chi connectivity index (χ2v) is 4.22. The molecule has 1 fully saturated rings. The van der Waals surface area contributed by atoms with Crippen molar-refractivity contribution in [2.45, 2.75) is 44.6 Å². The first-order chi connectivity index (χ1) is 8.65. The van der Waals surface area contributed by atoms with Crippen LogP contribution in [0, 0.1) is 11.8 Å². The number of nitrogens with zero attached hydrogens (tertiary/aromatic N) is 1. The molecule has 1 saturated heterocycles. The van der Waals surface area contributed by atoms with Gasteiger partial charge in [-0.1, -0.05) is 5.92 Å². The summed E-state index contributed by atoms with van der Waals surface area (Å²) in [6.45, 7) is 0.259. The number of hydrogen-bond donors (Lipinski definition) is 1. The predicted octanol–water partition coefficient (Wildman–Crippen LogP) is 0.825. The summed E-state index contributed by atoms with van der Waals surface area (Å²) in [7, 11) is 0. The molecule has 0 aliphatic carbocycles. The Morgan fingerprint density at radius 2 is 2.28 bits per heavy atom. The molecule has 1 heterocycles. The third-order valence-corrected chi connectivity index (χ3v) is 2.84. The molecule has 0 radical (unpaired) electrons. The molecular weight excluding hydrogens is 234 g/mol. The lowest BCUT2D eigenvalue weighted by molar-refractivity contribution is -0.138. The Kier molecular flexibility index (Phi) is 5.92. The van der Waals surface area contributed by atoms with E-state index in [4.69, 9.17) is 5.11 Å². The van der Waals surface area contributed by atoms with E-state index in [-0.39, 0.29) is 24.9 Å². The van der Waals surface area contributed by atoms with Gasteiger partial charge >= 0.3 is 5.97 Å². The molecule has 1 aliphatic heterocycles. The van der Waals surface area contributed by atoms with Gasteiger partial charge in [-0.05, 0) is 19.3 Å². The molecule has 98 valence electrons. The fourth-order valence-electron chi connectivity index (χ4n) is 1.85. The van der Waals surface area contributed by atoms with Crippen LogP contribution >= 0.6 is 0 Å². The van der Waals surface area contributed by atoms with Gasteiger partial charge in [-0.2, -0.15) is 0 Å². The van der Waals surface area contributed by atoms with Gasteiger partial charge in [-0.15, -0.1) is 5.92 Å². The van der Waals surface area contributed by atoms with Crippen molar-refractivity contribution in [1.29, 1.82) is 0 Å². The number of aldehydes is 1. The van der Waals surface area contributed by atoms with E-state index in [1.807, 2.05) is 0 Å². The van der Waals surface area contributed by atoms with Crippen LogP contribution in [-0.4, -0.2) is 40.8 Å². The Hall–Kier alpha value is -1.83. The molecule has 5 nitrogen and oxygen atoms in total. The number of carbonyl (C=O) groups is 3. The second kappa shape index (κ2) is 7.49. The van der Waals surface area contributed by atoms with Gasteiger partial charge in [-0.3, -0.25) is 9.59 Å². The summed E-state index contributed by atoms with van der Waals surface area (Å²) in [6.07, 6.45) is 3.84. The molecule has 0 spiro atoms. The smallest absolute Gasteiger partial charge is 0.303 e. The minimum Gasteiger partial charge on any atom is -0.481 e. The first kappa shape index (κ1) is 14.2. The number of hydrogen-bond acceptors (Lipinski definition) is 3. The average Bonchev–Trinajstić information content (AvgIpc) is 2.34. The third-order valence-electron chi connectivity index (χ3n) is 2.84. The lowest BCUT2D eigenvalue weighted by Gasteiger charge is -2.30. The van der Waals surface area contributed by atoms with E-state index in [0.29, 0.717) is 25.7 Å². The minimum absolute atomic E-state index is 0.0295. The summed E-state index contributed by atoms with van der Waals surface area (Å²) in [6, 6.07) is -0.348. The van der Waals surface area contributed by atoms with Crippen molar-refractivity contribution in [3.8, 4) is 11.8 Å². The number of amides is 1. The van der Waals surface area contributed by atoms with Crippen LogP contribution in [0.25, 0.3) is 0 Å². The molecule has 5 heteroatoms. The minimum atomic E-state index is -0.830. The maximum absolute atomic E-state index is 11.6. The van der Waals surface area contributed by atoms with Crippen LogP contribution in [0.3, 0.4) is 0 Å². The zero-order valence-corrected chi connectivity index (χ0v) is 10.2. The predicted molar refractivity (Wildman–Crippen MR) is 64.7 cm³/mol. The molecule has 18 heavy (non-hydrogen) atoms. The SMILES string of the molecule is O=CC1CCCC(=O)N1CC#CCCCC(=O)O. The van der Waals surface area contributed by atoms with Gasteiger partial charge in [0.2, 0.25) is 5.91 Å². The van der Waals surface area contributed by atoms with Gasteiger partial charge in [-0.25, -0.2) is 0 Å². The number of rotatable bonds is 5. The summed E-state index contributed by atoms with van der Waals surface area (Å²) in [5.74, 6) is 4.80. The highest BCUT2D eigenvalue weighted by Crippen LogP contribution is 2.15. The monoisotopic (exact) mass is 251 g/mol. The Bertz CT molecular complexity index is 380. The van der Waals surface area contributed by atoms with E-state index in [9.17, 15) is 14.4 Å². The normalized spacial score (nSPS) is 19.0. The average molecular weight is 251 g/mol. The summed E-state index contributed by atoms with van der Waals surface area (Å²) in [5, 5.41) is 8.44. The number of aliphatic carboxylic acids is 1. The van der Waals surface area contributed by atoms with E-state index in [0.717, 1.165) is 12.7 Å². The maximum atomic E-state index is 11.6. The number of carboxylic acids is 1. The van der Waals surface area contributed by atoms with Gasteiger partial charge in [0.15, 0.2) is 0 Å². The molecule has 1 atom stereocenters. The van der Waals surface area contributed by atoms with Crippen molar-refractivity contribution in [2.24, 2.45) is 0 Å². The largest absolute Gasteiger partial charge is 0.481 e. The Balaban J connectivity index is 2.36. The maximum Gasteiger partial charge on any atom is 0.303 e. The van der Waals surface area contributed by atoms with Crippen molar-refractivity contribution in [2.75, 3.05) is 6.54 Å². The van der Waals surface area contributed by atoms with Gasteiger partial charge in [0.1, 0.15) is 6.29 Å². The van der Waals surface area contributed by atoms with Crippen LogP contribution in [0.2, 0.25) is 0 Å². The van der Waals surface area contributed by atoms with Crippen LogP contribution < -0.4 is 0 Å². The van der Waals surface area contributed by atoms with Crippen molar-refractivity contribution in [3.63, 3.8) is 0 Å². The fraction of sp³-hybridized carbons (Fsp3) is 0.615. The Labute approximate surface area is 106 Å². The lowest BCUT2D eigenvalue weighted by Crippen LogP contribution is -2.44. The van der Waals surface area contributed by atoms with Gasteiger partial charge in [0, 0.05) is 19.3 Å². The van der Waals surface area contributed by atoms with Crippen molar-refractivity contribution in [3.05, 3.63) is 0 Å². The van der Waals surface area contributed by atoms with Gasteiger partial charge < -0.3 is 14.8 Å². The number of carboxylic acid groups (broad SMARTS) is 1. The molecule has 1 rings (SSSR count). The zero-order chi connectivity index (χ0) is 13.4. The Morgan fingerprint density at radius 1 is 1.50 bits per heavy atom. The van der Waals surface area contributed by atoms with Crippen molar-refractivity contribution >= 4 is 18.2 Å². The lowest BCUT2D eigenvalue weighted by atomic mass is 10.0. The first-order valence-electron chi connectivity index (χ1n) is 6.07. The van der Waals surface area contributed by atoms with E-state index in [2.05, 4.69) is 11.8 Å². The second-order valence-electron chi connectivity index (χ2n) is 4.22. The topological polar surface area (TPSA) is 74.7 Å². The highest BCUT2D eigenvalue weighted by atomic mass is 16.4. The van der Waals surface area contributed by atoms with E-state index in [1.165, 1.54) is 4.90 Å². The first-order valence-corrected chi connectivity index (χ1v) is 6.07. The molecule has 0 aromatic heterocycles. The van der Waals surface area contributed by atoms with Crippen LogP contribution in [0.4, 0.5) is 0 Å². The van der Waals surface area contributed by atoms with Crippen LogP contribution in [0.5, 0.6) is 0 Å². The molecule has 0 bridgehead atoms. The molecular formula is C13H17NO4. The molecule has 0 saturated carbocycles. The number of likely N-dealkylation sites (tertiary alicyclic amines) is 1. The summed E-state index contributed by atoms with van der Waals surface area (Å²) in [5.41, 5.74) is 0. The van der Waals surface area contributed by atoms with Crippen molar-refractivity contribution < 1.29 is 19.5 Å². The summed E-state index contributed by atoms with van der Waals surface area (Å²) < 4.78 is 0. The summed E-state index contributed by atoms with van der Waals surface area (Å²) in [4.78, 5) is 34.2. The third kappa shape index (κ3) is 4.58. The molecule has 1 N–H and O–H groups in total. The van der Waals surface area contributed by atoms with Crippen LogP contribution in [0.15, 0.2) is 0 Å². The molecule has 1 amide bonds. The highest BCUT2D eigenvalue weighted by Gasteiger charge is 2.26. The molecule has 1 unspecified atom stereocenters. The molecule has 0 aromatic carbocycles. The number of carbonyl (C=O) groups excluding carboxylic acids is 2. The van der Waals surface area contributed by atoms with Gasteiger partial charge in [0.05, 0.1) is 12.6 Å². The quantitative estimate of drug-likeness (QED) is 0.446. The number of piperidine rings is 1. The standard InChI is InChI=1S/C13H17NO4/c15-10-11-6-5-7-12(16)14(11)9-4-2-1-3-8-13(17)18/h10-11H,1,3,5-9H2,(H,17,18). The van der Waals surface area contributed by atoms with E-state index in [1.54, 1.807) is 0 Å².